The van der Waals surface area contributed by atoms with Gasteiger partial charge < -0.3 is 14.4 Å². The maximum Gasteiger partial charge on any atom is 0.223 e. The summed E-state index contributed by atoms with van der Waals surface area (Å²) in [6.07, 6.45) is 3.19. The first-order valence-electron chi connectivity index (χ1n) is 10.0. The molecule has 2 fully saturated rings. The van der Waals surface area contributed by atoms with Crippen molar-refractivity contribution in [1.29, 1.82) is 0 Å². The highest BCUT2D eigenvalue weighted by atomic mass is 16.5. The van der Waals surface area contributed by atoms with Crippen LogP contribution in [-0.4, -0.2) is 73.5 Å². The average Bonchev–Trinajstić information content (AvgIpc) is 3.20. The molecule has 2 aliphatic rings. The van der Waals surface area contributed by atoms with Crippen LogP contribution in [0.25, 0.3) is 0 Å². The van der Waals surface area contributed by atoms with Crippen molar-refractivity contribution in [3.63, 3.8) is 0 Å². The SMILES string of the molecule is CCOc1ccc(C(=O)CCC(=O)N2CCN(CC3CCCO3)CC2)cc1. The van der Waals surface area contributed by atoms with E-state index in [0.29, 0.717) is 18.3 Å². The second-order valence-corrected chi connectivity index (χ2v) is 7.20. The molecule has 1 atom stereocenters. The van der Waals surface area contributed by atoms with E-state index in [-0.39, 0.29) is 24.5 Å². The van der Waals surface area contributed by atoms with Gasteiger partial charge in [-0.05, 0) is 44.0 Å². The van der Waals surface area contributed by atoms with Crippen molar-refractivity contribution >= 4 is 11.7 Å². The average molecular weight is 374 g/mol. The third kappa shape index (κ3) is 5.78. The van der Waals surface area contributed by atoms with Crippen molar-refractivity contribution in [3.8, 4) is 5.75 Å². The smallest absolute Gasteiger partial charge is 0.223 e. The van der Waals surface area contributed by atoms with E-state index in [1.165, 1.54) is 0 Å². The van der Waals surface area contributed by atoms with E-state index in [1.807, 2.05) is 11.8 Å². The Morgan fingerprint density at radius 3 is 2.48 bits per heavy atom. The van der Waals surface area contributed by atoms with Crippen molar-refractivity contribution < 1.29 is 19.1 Å². The number of carbonyl (C=O) groups excluding carboxylic acids is 2. The third-order valence-corrected chi connectivity index (χ3v) is 5.26. The molecule has 2 heterocycles. The van der Waals surface area contributed by atoms with Crippen LogP contribution in [0.15, 0.2) is 24.3 Å². The Labute approximate surface area is 161 Å². The summed E-state index contributed by atoms with van der Waals surface area (Å²) in [6, 6.07) is 7.13. The van der Waals surface area contributed by atoms with Crippen molar-refractivity contribution in [3.05, 3.63) is 29.8 Å². The normalized spacial score (nSPS) is 20.6. The predicted octanol–water partition coefficient (Wildman–Crippen LogP) is 2.37. The molecule has 2 aliphatic heterocycles. The molecule has 6 heteroatoms. The largest absolute Gasteiger partial charge is 0.494 e. The summed E-state index contributed by atoms with van der Waals surface area (Å²) >= 11 is 0. The Morgan fingerprint density at radius 2 is 1.85 bits per heavy atom. The van der Waals surface area contributed by atoms with Crippen LogP contribution in [0, 0.1) is 0 Å². The van der Waals surface area contributed by atoms with Gasteiger partial charge in [0.15, 0.2) is 5.78 Å². The number of hydrogen-bond acceptors (Lipinski definition) is 5. The fourth-order valence-electron chi connectivity index (χ4n) is 3.68. The standard InChI is InChI=1S/C21H30N2O4/c1-2-26-18-7-5-17(6-8-18)20(24)9-10-21(25)23-13-11-22(12-14-23)16-19-4-3-15-27-19/h5-8,19H,2-4,9-16H2,1H3. The van der Waals surface area contributed by atoms with Gasteiger partial charge in [-0.15, -0.1) is 0 Å². The van der Waals surface area contributed by atoms with Gasteiger partial charge in [-0.25, -0.2) is 0 Å². The first kappa shape index (κ1) is 19.8. The van der Waals surface area contributed by atoms with E-state index in [4.69, 9.17) is 9.47 Å². The number of rotatable bonds is 8. The Balaban J connectivity index is 1.38. The van der Waals surface area contributed by atoms with Crippen LogP contribution in [0.5, 0.6) is 5.75 Å². The van der Waals surface area contributed by atoms with Crippen molar-refractivity contribution in [1.82, 2.24) is 9.80 Å². The van der Waals surface area contributed by atoms with Gasteiger partial charge >= 0.3 is 0 Å². The third-order valence-electron chi connectivity index (χ3n) is 5.26. The fourth-order valence-corrected chi connectivity index (χ4v) is 3.68. The molecule has 27 heavy (non-hydrogen) atoms. The lowest BCUT2D eigenvalue weighted by Crippen LogP contribution is -2.50. The topological polar surface area (TPSA) is 59.1 Å². The zero-order chi connectivity index (χ0) is 19.1. The van der Waals surface area contributed by atoms with Crippen LogP contribution in [0.2, 0.25) is 0 Å². The van der Waals surface area contributed by atoms with Crippen molar-refractivity contribution in [2.45, 2.75) is 38.7 Å². The molecule has 0 saturated carbocycles. The second-order valence-electron chi connectivity index (χ2n) is 7.20. The van der Waals surface area contributed by atoms with E-state index in [2.05, 4.69) is 4.90 Å². The quantitative estimate of drug-likeness (QED) is 0.654. The minimum Gasteiger partial charge on any atom is -0.494 e. The molecule has 0 aliphatic carbocycles. The van der Waals surface area contributed by atoms with Crippen LogP contribution in [0.4, 0.5) is 0 Å². The lowest BCUT2D eigenvalue weighted by atomic mass is 10.1. The molecular weight excluding hydrogens is 344 g/mol. The molecule has 2 saturated heterocycles. The number of ketones is 1. The first-order chi connectivity index (χ1) is 13.2. The lowest BCUT2D eigenvalue weighted by Gasteiger charge is -2.35. The second kappa shape index (κ2) is 9.85. The van der Waals surface area contributed by atoms with Gasteiger partial charge in [0.2, 0.25) is 5.91 Å². The molecule has 0 bridgehead atoms. The number of amides is 1. The number of ether oxygens (including phenoxy) is 2. The van der Waals surface area contributed by atoms with Gasteiger partial charge in [0.05, 0.1) is 12.7 Å². The first-order valence-corrected chi connectivity index (χ1v) is 10.0. The van der Waals surface area contributed by atoms with Crippen molar-refractivity contribution in [2.24, 2.45) is 0 Å². The molecule has 1 unspecified atom stereocenters. The van der Waals surface area contributed by atoms with E-state index in [1.54, 1.807) is 24.3 Å². The lowest BCUT2D eigenvalue weighted by molar-refractivity contribution is -0.133. The number of carbonyl (C=O) groups is 2. The van der Waals surface area contributed by atoms with Crippen LogP contribution < -0.4 is 4.74 Å². The molecular formula is C21H30N2O4. The highest BCUT2D eigenvalue weighted by Crippen LogP contribution is 2.16. The number of nitrogens with zero attached hydrogens (tertiary/aromatic N) is 2. The minimum absolute atomic E-state index is 0.00316. The van der Waals surface area contributed by atoms with Gasteiger partial charge in [-0.2, -0.15) is 0 Å². The Kier molecular flexibility index (Phi) is 7.24. The van der Waals surface area contributed by atoms with E-state index in [0.717, 1.165) is 57.9 Å². The summed E-state index contributed by atoms with van der Waals surface area (Å²) in [4.78, 5) is 29.0. The molecule has 0 spiro atoms. The number of benzene rings is 1. The Bertz CT molecular complexity index is 618. The van der Waals surface area contributed by atoms with Crippen LogP contribution in [0.3, 0.4) is 0 Å². The number of hydrogen-bond donors (Lipinski definition) is 0. The van der Waals surface area contributed by atoms with E-state index < -0.39 is 0 Å². The van der Waals surface area contributed by atoms with Crippen LogP contribution in [-0.2, 0) is 9.53 Å². The van der Waals surface area contributed by atoms with Gasteiger partial charge in [-0.3, -0.25) is 14.5 Å². The Morgan fingerprint density at radius 1 is 1.11 bits per heavy atom. The summed E-state index contributed by atoms with van der Waals surface area (Å²) in [5.74, 6) is 0.834. The van der Waals surface area contributed by atoms with Crippen LogP contribution >= 0.6 is 0 Å². The van der Waals surface area contributed by atoms with Crippen molar-refractivity contribution in [2.75, 3.05) is 45.9 Å². The molecule has 6 nitrogen and oxygen atoms in total. The fraction of sp³-hybridized carbons (Fsp3) is 0.619. The summed E-state index contributed by atoms with van der Waals surface area (Å²) < 4.78 is 11.1. The predicted molar refractivity (Wildman–Crippen MR) is 103 cm³/mol. The number of piperazine rings is 1. The molecule has 0 N–H and O–H groups in total. The molecule has 1 amide bonds. The van der Waals surface area contributed by atoms with Gasteiger partial charge in [0.1, 0.15) is 5.75 Å². The molecule has 3 rings (SSSR count). The maximum atomic E-state index is 12.4. The summed E-state index contributed by atoms with van der Waals surface area (Å²) in [6.45, 7) is 7.63. The van der Waals surface area contributed by atoms with E-state index >= 15 is 0 Å². The minimum atomic E-state index is 0.00316. The number of Topliss-reactive ketones (excluding diaryl/α,β-unsaturated/α-hetero) is 1. The van der Waals surface area contributed by atoms with Gasteiger partial charge in [-0.1, -0.05) is 0 Å². The summed E-state index contributed by atoms with van der Waals surface area (Å²) in [7, 11) is 0. The van der Waals surface area contributed by atoms with Gasteiger partial charge in [0.25, 0.3) is 0 Å². The Hall–Kier alpha value is -1.92. The molecule has 1 aromatic rings. The summed E-state index contributed by atoms with van der Waals surface area (Å²) in [5, 5.41) is 0. The summed E-state index contributed by atoms with van der Waals surface area (Å²) in [5.41, 5.74) is 0.632. The highest BCUT2D eigenvalue weighted by Gasteiger charge is 2.25. The molecule has 0 radical (unpaired) electrons. The zero-order valence-corrected chi connectivity index (χ0v) is 16.2. The molecule has 1 aromatic carbocycles. The molecule has 148 valence electrons. The zero-order valence-electron chi connectivity index (χ0n) is 16.2. The van der Waals surface area contributed by atoms with Crippen LogP contribution in [0.1, 0.15) is 43.0 Å². The highest BCUT2D eigenvalue weighted by molar-refractivity contribution is 5.98. The monoisotopic (exact) mass is 374 g/mol. The molecule has 0 aromatic heterocycles. The van der Waals surface area contributed by atoms with Gasteiger partial charge in [0, 0.05) is 57.7 Å². The van der Waals surface area contributed by atoms with E-state index in [9.17, 15) is 9.59 Å². The maximum absolute atomic E-state index is 12.4.